The van der Waals surface area contributed by atoms with Gasteiger partial charge in [-0.15, -0.1) is 0 Å². The molecule has 0 aromatic carbocycles. The number of hydrogen-bond donors (Lipinski definition) is 0. The third-order valence-electron chi connectivity index (χ3n) is 3.97. The van der Waals surface area contributed by atoms with Crippen LogP contribution >= 0.6 is 0 Å². The number of hydrogen-bond acceptors (Lipinski definition) is 4. The van der Waals surface area contributed by atoms with Crippen molar-refractivity contribution in [1.82, 2.24) is 0 Å². The molecule has 1 saturated heterocycles. The third-order valence-corrected chi connectivity index (χ3v) is 8.51. The van der Waals surface area contributed by atoms with Crippen molar-refractivity contribution >= 4 is 14.3 Å². The van der Waals surface area contributed by atoms with E-state index in [1.165, 1.54) is 7.11 Å². The van der Waals surface area contributed by atoms with E-state index in [1.54, 1.807) is 0 Å². The lowest BCUT2D eigenvalue weighted by atomic mass is 10.0. The smallest absolute Gasteiger partial charge is 0.311 e. The molecule has 2 atom stereocenters. The van der Waals surface area contributed by atoms with Crippen LogP contribution in [0.1, 0.15) is 27.2 Å². The van der Waals surface area contributed by atoms with Crippen molar-refractivity contribution < 1.29 is 18.7 Å². The largest absolute Gasteiger partial charge is 0.469 e. The molecule has 1 aliphatic heterocycles. The maximum absolute atomic E-state index is 11.5. The van der Waals surface area contributed by atoms with Crippen LogP contribution in [0.5, 0.6) is 0 Å². The summed E-state index contributed by atoms with van der Waals surface area (Å²) in [6.07, 6.45) is 0.725. The molecule has 0 aliphatic carbocycles. The molecule has 0 spiro atoms. The van der Waals surface area contributed by atoms with E-state index in [9.17, 15) is 4.79 Å². The van der Waals surface area contributed by atoms with E-state index in [-0.39, 0.29) is 23.0 Å². The topological polar surface area (TPSA) is 44.8 Å². The van der Waals surface area contributed by atoms with Gasteiger partial charge in [-0.2, -0.15) is 0 Å². The molecule has 0 aromatic heterocycles. The van der Waals surface area contributed by atoms with Gasteiger partial charge in [-0.1, -0.05) is 20.8 Å². The van der Waals surface area contributed by atoms with Crippen LogP contribution in [-0.2, 0) is 18.7 Å². The zero-order valence-electron chi connectivity index (χ0n) is 12.4. The summed E-state index contributed by atoms with van der Waals surface area (Å²) in [6, 6.07) is 0. The monoisotopic (exact) mass is 274 g/mol. The van der Waals surface area contributed by atoms with Crippen molar-refractivity contribution in [3.8, 4) is 0 Å². The van der Waals surface area contributed by atoms with Crippen LogP contribution in [0, 0.1) is 5.92 Å². The van der Waals surface area contributed by atoms with Gasteiger partial charge in [-0.05, 0) is 24.6 Å². The zero-order chi connectivity index (χ0) is 14.0. The summed E-state index contributed by atoms with van der Waals surface area (Å²) in [5.74, 6) is -0.378. The first kappa shape index (κ1) is 15.7. The summed E-state index contributed by atoms with van der Waals surface area (Å²) in [5.41, 5.74) is 0. The summed E-state index contributed by atoms with van der Waals surface area (Å²) in [4.78, 5) is 11.5. The molecule has 0 aromatic rings. The summed E-state index contributed by atoms with van der Waals surface area (Å²) in [6.45, 7) is 12.1. The molecule has 0 unspecified atom stereocenters. The van der Waals surface area contributed by atoms with Gasteiger partial charge in [0.1, 0.15) is 0 Å². The molecular weight excluding hydrogens is 248 g/mol. The van der Waals surface area contributed by atoms with Gasteiger partial charge in [-0.3, -0.25) is 4.79 Å². The Balaban J connectivity index is 2.60. The van der Waals surface area contributed by atoms with Crippen LogP contribution in [0.15, 0.2) is 0 Å². The van der Waals surface area contributed by atoms with Crippen molar-refractivity contribution in [2.75, 3.05) is 20.3 Å². The van der Waals surface area contributed by atoms with E-state index in [0.717, 1.165) is 0 Å². The van der Waals surface area contributed by atoms with Crippen LogP contribution in [0.4, 0.5) is 0 Å². The lowest BCUT2D eigenvalue weighted by Gasteiger charge is -2.41. The lowest BCUT2D eigenvalue weighted by molar-refractivity contribution is -0.153. The Labute approximate surface area is 111 Å². The van der Waals surface area contributed by atoms with Crippen LogP contribution in [-0.4, -0.2) is 40.7 Å². The molecule has 106 valence electrons. The Morgan fingerprint density at radius 1 is 1.28 bits per heavy atom. The first-order valence-electron chi connectivity index (χ1n) is 6.51. The Morgan fingerprint density at radius 3 is 2.39 bits per heavy atom. The third kappa shape index (κ3) is 3.80. The average Bonchev–Trinajstić information content (AvgIpc) is 2.26. The number of ether oxygens (including phenoxy) is 2. The molecule has 0 radical (unpaired) electrons. The van der Waals surface area contributed by atoms with Crippen LogP contribution < -0.4 is 0 Å². The summed E-state index contributed by atoms with van der Waals surface area (Å²) >= 11 is 0. The Bertz CT molecular complexity index is 296. The fourth-order valence-electron chi connectivity index (χ4n) is 1.80. The quantitative estimate of drug-likeness (QED) is 0.586. The molecule has 1 aliphatic rings. The van der Waals surface area contributed by atoms with Gasteiger partial charge in [0.15, 0.2) is 8.32 Å². The molecule has 1 heterocycles. The molecular formula is C13H26O4Si. The van der Waals surface area contributed by atoms with Crippen molar-refractivity contribution in [2.45, 2.75) is 51.4 Å². The predicted molar refractivity (Wildman–Crippen MR) is 73.0 cm³/mol. The minimum absolute atomic E-state index is 0.0174. The standard InChI is InChI=1S/C13H26O4Si/c1-13(2,3)18(5,6)17-11-7-10(8-16-9-11)12(14)15-4/h10-11H,7-9H2,1-6H3/t10-,11-/m1/s1. The van der Waals surface area contributed by atoms with Crippen LogP contribution in [0.25, 0.3) is 0 Å². The molecule has 0 saturated carbocycles. The first-order valence-corrected chi connectivity index (χ1v) is 9.41. The van der Waals surface area contributed by atoms with E-state index in [4.69, 9.17) is 13.9 Å². The first-order chi connectivity index (χ1) is 8.17. The van der Waals surface area contributed by atoms with Crippen molar-refractivity contribution in [1.29, 1.82) is 0 Å². The highest BCUT2D eigenvalue weighted by Crippen LogP contribution is 2.38. The normalized spacial score (nSPS) is 25.9. The maximum Gasteiger partial charge on any atom is 0.311 e. The highest BCUT2D eigenvalue weighted by molar-refractivity contribution is 6.74. The number of methoxy groups -OCH3 is 1. The molecule has 5 heteroatoms. The van der Waals surface area contributed by atoms with Gasteiger partial charge < -0.3 is 13.9 Å². The fourth-order valence-corrected chi connectivity index (χ4v) is 3.15. The lowest BCUT2D eigenvalue weighted by Crippen LogP contribution is -2.47. The molecule has 1 fully saturated rings. The van der Waals surface area contributed by atoms with Gasteiger partial charge in [0, 0.05) is 0 Å². The number of carbonyl (C=O) groups is 1. The predicted octanol–water partition coefficient (Wildman–Crippen LogP) is 2.59. The molecule has 4 nitrogen and oxygen atoms in total. The zero-order valence-corrected chi connectivity index (χ0v) is 13.4. The average molecular weight is 274 g/mol. The van der Waals surface area contributed by atoms with Gasteiger partial charge in [-0.25, -0.2) is 0 Å². The van der Waals surface area contributed by atoms with E-state index in [1.807, 2.05) is 0 Å². The Hall–Kier alpha value is -0.393. The molecule has 18 heavy (non-hydrogen) atoms. The summed E-state index contributed by atoms with van der Waals surface area (Å²) in [7, 11) is -0.382. The highest BCUT2D eigenvalue weighted by atomic mass is 28.4. The highest BCUT2D eigenvalue weighted by Gasteiger charge is 2.41. The van der Waals surface area contributed by atoms with Crippen LogP contribution in [0.2, 0.25) is 18.1 Å². The number of esters is 1. The SMILES string of the molecule is COC(=O)[C@H]1COC[C@H](O[Si](C)(C)C(C)(C)C)C1. The molecule has 0 amide bonds. The van der Waals surface area contributed by atoms with Crippen molar-refractivity contribution in [2.24, 2.45) is 5.92 Å². The maximum atomic E-state index is 11.5. The van der Waals surface area contributed by atoms with E-state index in [0.29, 0.717) is 19.6 Å². The van der Waals surface area contributed by atoms with Gasteiger partial charge in [0.05, 0.1) is 32.3 Å². The number of carbonyl (C=O) groups excluding carboxylic acids is 1. The molecule has 1 rings (SSSR count). The second kappa shape index (κ2) is 5.71. The van der Waals surface area contributed by atoms with Gasteiger partial charge in [0.2, 0.25) is 0 Å². The summed E-state index contributed by atoms with van der Waals surface area (Å²) < 4.78 is 16.5. The Kier molecular flexibility index (Phi) is 4.97. The van der Waals surface area contributed by atoms with E-state index in [2.05, 4.69) is 33.9 Å². The van der Waals surface area contributed by atoms with E-state index < -0.39 is 8.32 Å². The van der Waals surface area contributed by atoms with Crippen molar-refractivity contribution in [3.05, 3.63) is 0 Å². The van der Waals surface area contributed by atoms with Gasteiger partial charge >= 0.3 is 5.97 Å². The summed E-state index contributed by atoms with van der Waals surface area (Å²) in [5, 5.41) is 0.172. The second-order valence-electron chi connectivity index (χ2n) is 6.49. The van der Waals surface area contributed by atoms with Crippen molar-refractivity contribution in [3.63, 3.8) is 0 Å². The minimum Gasteiger partial charge on any atom is -0.469 e. The fraction of sp³-hybridized carbons (Fsp3) is 0.923. The van der Waals surface area contributed by atoms with Gasteiger partial charge in [0.25, 0.3) is 0 Å². The molecule has 0 bridgehead atoms. The minimum atomic E-state index is -1.80. The second-order valence-corrected chi connectivity index (χ2v) is 11.2. The Morgan fingerprint density at radius 2 is 1.89 bits per heavy atom. The molecule has 0 N–H and O–H groups in total. The van der Waals surface area contributed by atoms with Crippen LogP contribution in [0.3, 0.4) is 0 Å². The van der Waals surface area contributed by atoms with E-state index >= 15 is 0 Å². The number of rotatable bonds is 3.